The molecule has 0 spiro atoms. The summed E-state index contributed by atoms with van der Waals surface area (Å²) in [6.45, 7) is 4.85. The molecule has 3 aromatic rings. The van der Waals surface area contributed by atoms with E-state index in [0.29, 0.717) is 10.2 Å². The van der Waals surface area contributed by atoms with E-state index in [1.807, 2.05) is 35.7 Å². The summed E-state index contributed by atoms with van der Waals surface area (Å²) in [5.74, 6) is -0.626. The first kappa shape index (κ1) is 17.2. The summed E-state index contributed by atoms with van der Waals surface area (Å²) in [6, 6.07) is 9.44. The van der Waals surface area contributed by atoms with Gasteiger partial charge in [-0.1, -0.05) is 30.3 Å². The topological polar surface area (TPSA) is 81.2 Å². The number of carbonyl (C=O) groups excluding carboxylic acids is 1. The number of aromatic amines is 1. The molecule has 0 atom stereocenters. The Bertz CT molecular complexity index is 1040. The highest BCUT2D eigenvalue weighted by Gasteiger charge is 2.35. The molecule has 0 unspecified atom stereocenters. The quantitative estimate of drug-likeness (QED) is 0.727. The zero-order chi connectivity index (χ0) is 18.2. The Morgan fingerprint density at radius 3 is 2.56 bits per heavy atom. The van der Waals surface area contributed by atoms with Crippen molar-refractivity contribution in [2.24, 2.45) is 0 Å². The fraction of sp³-hybridized carbons (Fsp3) is 0.278. The van der Waals surface area contributed by atoms with Gasteiger partial charge in [-0.2, -0.15) is 0 Å². The average molecular weight is 358 g/mol. The molecular weight excluding hydrogens is 340 g/mol. The van der Waals surface area contributed by atoms with Gasteiger partial charge in [0.2, 0.25) is 0 Å². The number of hydrogen-bond donors (Lipinski definition) is 1. The van der Waals surface area contributed by atoms with E-state index in [4.69, 9.17) is 4.74 Å². The number of fused-ring (bicyclic) bond motifs is 1. The molecule has 25 heavy (non-hydrogen) atoms. The molecule has 2 aromatic heterocycles. The number of hydrogen-bond acceptors (Lipinski definition) is 5. The van der Waals surface area contributed by atoms with Crippen LogP contribution in [0, 0.1) is 0 Å². The fourth-order valence-corrected chi connectivity index (χ4v) is 3.71. The molecule has 0 fully saturated rings. The van der Waals surface area contributed by atoms with Crippen LogP contribution in [-0.2, 0) is 15.1 Å². The highest BCUT2D eigenvalue weighted by atomic mass is 32.1. The van der Waals surface area contributed by atoms with Crippen molar-refractivity contribution in [2.75, 3.05) is 6.61 Å². The number of rotatable bonds is 4. The van der Waals surface area contributed by atoms with Crippen molar-refractivity contribution in [3.05, 3.63) is 56.5 Å². The number of carbonyl (C=O) groups is 1. The van der Waals surface area contributed by atoms with Crippen molar-refractivity contribution in [3.63, 3.8) is 0 Å². The summed E-state index contributed by atoms with van der Waals surface area (Å²) >= 11 is 1.29. The molecule has 2 heterocycles. The van der Waals surface area contributed by atoms with E-state index in [-0.39, 0.29) is 6.61 Å². The van der Waals surface area contributed by atoms with Gasteiger partial charge in [-0.3, -0.25) is 9.78 Å². The van der Waals surface area contributed by atoms with E-state index in [0.717, 1.165) is 15.7 Å². The Balaban J connectivity index is 2.31. The van der Waals surface area contributed by atoms with Crippen molar-refractivity contribution in [3.8, 4) is 11.1 Å². The lowest BCUT2D eigenvalue weighted by Gasteiger charge is -2.24. The van der Waals surface area contributed by atoms with Crippen molar-refractivity contribution >= 4 is 27.5 Å². The monoisotopic (exact) mass is 358 g/mol. The Kier molecular flexibility index (Phi) is 4.34. The number of H-pyrrole nitrogens is 1. The smallest absolute Gasteiger partial charge is 0.332 e. The van der Waals surface area contributed by atoms with Gasteiger partial charge in [0.1, 0.15) is 10.4 Å². The van der Waals surface area contributed by atoms with E-state index in [9.17, 15) is 14.4 Å². The van der Waals surface area contributed by atoms with Crippen LogP contribution in [0.2, 0.25) is 0 Å². The number of ether oxygens (including phenoxy) is 1. The molecule has 0 bridgehead atoms. The summed E-state index contributed by atoms with van der Waals surface area (Å²) < 4.78 is 5.97. The van der Waals surface area contributed by atoms with E-state index >= 15 is 0 Å². The highest BCUT2D eigenvalue weighted by molar-refractivity contribution is 7.17. The summed E-state index contributed by atoms with van der Waals surface area (Å²) in [4.78, 5) is 41.0. The molecule has 0 radical (unpaired) electrons. The highest BCUT2D eigenvalue weighted by Crippen LogP contribution is 2.30. The molecule has 1 N–H and O–H groups in total. The molecule has 0 saturated carbocycles. The van der Waals surface area contributed by atoms with Gasteiger partial charge in [-0.15, -0.1) is 11.3 Å². The number of thiophene rings is 1. The van der Waals surface area contributed by atoms with Crippen molar-refractivity contribution in [2.45, 2.75) is 26.3 Å². The lowest BCUT2D eigenvalue weighted by atomic mass is 10.0. The van der Waals surface area contributed by atoms with Crippen molar-refractivity contribution in [1.29, 1.82) is 0 Å². The third-order valence-corrected chi connectivity index (χ3v) is 4.95. The Morgan fingerprint density at radius 2 is 1.92 bits per heavy atom. The van der Waals surface area contributed by atoms with Crippen LogP contribution in [0.15, 0.2) is 45.3 Å². The summed E-state index contributed by atoms with van der Waals surface area (Å²) in [5, 5.41) is 2.23. The normalized spacial score (nSPS) is 11.6. The second kappa shape index (κ2) is 6.33. The van der Waals surface area contributed by atoms with Crippen LogP contribution in [0.3, 0.4) is 0 Å². The second-order valence-corrected chi connectivity index (χ2v) is 6.95. The van der Waals surface area contributed by atoms with E-state index in [1.165, 1.54) is 25.2 Å². The molecule has 1 aromatic carbocycles. The van der Waals surface area contributed by atoms with Gasteiger partial charge in [0.05, 0.1) is 12.0 Å². The molecule has 0 aliphatic carbocycles. The van der Waals surface area contributed by atoms with Crippen molar-refractivity contribution in [1.82, 2.24) is 9.55 Å². The zero-order valence-electron chi connectivity index (χ0n) is 14.2. The van der Waals surface area contributed by atoms with Crippen LogP contribution in [0.5, 0.6) is 0 Å². The third kappa shape index (κ3) is 2.80. The Hall–Kier alpha value is -2.67. The Labute approximate surface area is 147 Å². The molecule has 0 saturated heterocycles. The SMILES string of the molecule is CCOC(=O)C(C)(C)n1c(=O)[nH]c2scc(-c3ccccc3)c2c1=O. The maximum absolute atomic E-state index is 13.1. The first-order chi connectivity index (χ1) is 11.9. The zero-order valence-corrected chi connectivity index (χ0v) is 15.0. The molecular formula is C18H18N2O4S. The van der Waals surface area contributed by atoms with Gasteiger partial charge in [0.15, 0.2) is 0 Å². The fourth-order valence-electron chi connectivity index (χ4n) is 2.76. The van der Waals surface area contributed by atoms with E-state index < -0.39 is 22.8 Å². The van der Waals surface area contributed by atoms with Crippen molar-refractivity contribution < 1.29 is 9.53 Å². The number of nitrogens with one attached hydrogen (secondary N) is 1. The summed E-state index contributed by atoms with van der Waals surface area (Å²) in [5.41, 5.74) is -0.937. The minimum Gasteiger partial charge on any atom is -0.464 e. The van der Waals surface area contributed by atoms with Crippen LogP contribution in [-0.4, -0.2) is 22.1 Å². The van der Waals surface area contributed by atoms with Gasteiger partial charge >= 0.3 is 11.7 Å². The third-order valence-electron chi connectivity index (χ3n) is 4.05. The standard InChI is InChI=1S/C18H18N2O4S/c1-4-24-16(22)18(2,3)20-15(21)13-12(11-8-6-5-7-9-11)10-25-14(13)19-17(20)23/h5-10H,4H2,1-3H3,(H,19,23). The van der Waals surface area contributed by atoms with Gasteiger partial charge in [0.25, 0.3) is 5.56 Å². The number of nitrogens with zero attached hydrogens (tertiary/aromatic N) is 1. The number of benzene rings is 1. The lowest BCUT2D eigenvalue weighted by Crippen LogP contribution is -2.51. The maximum Gasteiger partial charge on any atom is 0.332 e. The largest absolute Gasteiger partial charge is 0.464 e. The minimum atomic E-state index is -1.41. The van der Waals surface area contributed by atoms with E-state index in [2.05, 4.69) is 4.98 Å². The molecule has 130 valence electrons. The predicted molar refractivity (Wildman–Crippen MR) is 98.1 cm³/mol. The van der Waals surface area contributed by atoms with Gasteiger partial charge in [-0.05, 0) is 26.3 Å². The van der Waals surface area contributed by atoms with Gasteiger partial charge in [-0.25, -0.2) is 14.2 Å². The number of esters is 1. The van der Waals surface area contributed by atoms with Crippen LogP contribution in [0.4, 0.5) is 0 Å². The molecule has 7 heteroatoms. The number of aromatic nitrogens is 2. The minimum absolute atomic E-state index is 0.172. The van der Waals surface area contributed by atoms with Crippen LogP contribution in [0.1, 0.15) is 20.8 Å². The average Bonchev–Trinajstić information content (AvgIpc) is 2.99. The lowest BCUT2D eigenvalue weighted by molar-refractivity contribution is -0.152. The molecule has 0 aliphatic heterocycles. The van der Waals surface area contributed by atoms with Crippen LogP contribution in [0.25, 0.3) is 21.3 Å². The first-order valence-electron chi connectivity index (χ1n) is 7.87. The summed E-state index contributed by atoms with van der Waals surface area (Å²) in [7, 11) is 0. The Morgan fingerprint density at radius 1 is 1.24 bits per heavy atom. The van der Waals surface area contributed by atoms with Gasteiger partial charge < -0.3 is 4.74 Å². The van der Waals surface area contributed by atoms with E-state index in [1.54, 1.807) is 6.92 Å². The predicted octanol–water partition coefficient (Wildman–Crippen LogP) is 2.72. The molecule has 0 amide bonds. The molecule has 3 rings (SSSR count). The second-order valence-electron chi connectivity index (χ2n) is 6.07. The van der Waals surface area contributed by atoms with Gasteiger partial charge in [0, 0.05) is 10.9 Å². The van der Waals surface area contributed by atoms with Crippen LogP contribution >= 0.6 is 11.3 Å². The summed E-state index contributed by atoms with van der Waals surface area (Å²) in [6.07, 6.45) is 0. The molecule has 6 nitrogen and oxygen atoms in total. The molecule has 0 aliphatic rings. The van der Waals surface area contributed by atoms with Crippen LogP contribution < -0.4 is 11.2 Å². The maximum atomic E-state index is 13.1. The first-order valence-corrected chi connectivity index (χ1v) is 8.75.